The zero-order valence-electron chi connectivity index (χ0n) is 21.2. The highest BCUT2D eigenvalue weighted by Crippen LogP contribution is 2.23. The predicted molar refractivity (Wildman–Crippen MR) is 142 cm³/mol. The van der Waals surface area contributed by atoms with Gasteiger partial charge in [-0.15, -0.1) is 11.8 Å². The van der Waals surface area contributed by atoms with Gasteiger partial charge in [-0.1, -0.05) is 51.3 Å². The van der Waals surface area contributed by atoms with Crippen molar-refractivity contribution in [1.29, 1.82) is 0 Å². The van der Waals surface area contributed by atoms with Gasteiger partial charge in [0.1, 0.15) is 0 Å². The summed E-state index contributed by atoms with van der Waals surface area (Å²) < 4.78 is 11.7. The lowest BCUT2D eigenvalue weighted by molar-refractivity contribution is -0.144. The number of rotatable bonds is 13. The lowest BCUT2D eigenvalue weighted by atomic mass is 10.0. The monoisotopic (exact) mass is 510 g/mol. The Hall–Kier alpha value is -3.13. The quantitative estimate of drug-likeness (QED) is 0.222. The maximum Gasteiger partial charge on any atom is 0.338 e. The van der Waals surface area contributed by atoms with Crippen molar-refractivity contribution in [1.82, 2.24) is 9.78 Å². The van der Waals surface area contributed by atoms with E-state index in [1.807, 2.05) is 18.2 Å². The predicted octanol–water partition coefficient (Wildman–Crippen LogP) is 5.47. The molecule has 0 saturated heterocycles. The maximum absolute atomic E-state index is 13.0. The van der Waals surface area contributed by atoms with Gasteiger partial charge in [0.05, 0.1) is 43.8 Å². The lowest BCUT2D eigenvalue weighted by Crippen LogP contribution is -2.24. The molecule has 0 amide bonds. The molecule has 0 aliphatic carbocycles. The number of nitrogens with zero attached hydrogens (tertiary/aromatic N) is 2. The number of thioether (sulfide) groups is 1. The average molecular weight is 511 g/mol. The van der Waals surface area contributed by atoms with E-state index in [2.05, 4.69) is 18.9 Å². The van der Waals surface area contributed by atoms with Crippen molar-refractivity contribution in [3.8, 4) is 0 Å². The Morgan fingerprint density at radius 1 is 1.14 bits per heavy atom. The van der Waals surface area contributed by atoms with Crippen LogP contribution in [0.5, 0.6) is 0 Å². The molecule has 1 unspecified atom stereocenters. The maximum atomic E-state index is 13.0. The van der Waals surface area contributed by atoms with E-state index in [0.717, 1.165) is 36.0 Å². The Bertz CT molecular complexity index is 1240. The highest BCUT2D eigenvalue weighted by Gasteiger charge is 2.14. The molecule has 0 saturated carbocycles. The van der Waals surface area contributed by atoms with Gasteiger partial charge in [-0.2, -0.15) is 5.10 Å². The highest BCUT2D eigenvalue weighted by atomic mass is 32.2. The molecule has 3 aromatic rings. The first-order valence-electron chi connectivity index (χ1n) is 12.4. The van der Waals surface area contributed by atoms with Crippen LogP contribution in [0.2, 0.25) is 0 Å². The molecule has 0 aliphatic rings. The van der Waals surface area contributed by atoms with E-state index in [0.29, 0.717) is 41.2 Å². The largest absolute Gasteiger partial charge is 0.465 e. The average Bonchev–Trinajstić information content (AvgIpc) is 2.90. The second-order valence-electron chi connectivity index (χ2n) is 8.70. The number of esters is 2. The number of hydrogen-bond acceptors (Lipinski definition) is 7. The minimum absolute atomic E-state index is 0.163. The van der Waals surface area contributed by atoms with Gasteiger partial charge in [-0.3, -0.25) is 9.59 Å². The van der Waals surface area contributed by atoms with E-state index in [9.17, 15) is 14.4 Å². The van der Waals surface area contributed by atoms with Gasteiger partial charge in [0.15, 0.2) is 0 Å². The topological polar surface area (TPSA) is 87.5 Å². The van der Waals surface area contributed by atoms with E-state index in [1.165, 1.54) is 11.8 Å². The number of methoxy groups -OCH3 is 1. The molecule has 0 bridgehead atoms. The Balaban J connectivity index is 1.60. The van der Waals surface area contributed by atoms with Crippen LogP contribution in [0, 0.1) is 5.92 Å². The van der Waals surface area contributed by atoms with Crippen LogP contribution < -0.4 is 5.56 Å². The van der Waals surface area contributed by atoms with Crippen LogP contribution in [0.3, 0.4) is 0 Å². The van der Waals surface area contributed by atoms with Crippen LogP contribution in [-0.2, 0) is 20.8 Å². The molecule has 0 spiro atoms. The first-order valence-corrected chi connectivity index (χ1v) is 13.4. The van der Waals surface area contributed by atoms with Gasteiger partial charge in [-0.25, -0.2) is 9.48 Å². The fourth-order valence-electron chi connectivity index (χ4n) is 3.93. The standard InChI is InChI=1S/C28H34N2O5S/c1-4-6-9-20(5-2)19-35-26(31)14-15-36-23-12-13-24-22(16-23)17-29-30(27(24)32)18-21-10-7-8-11-25(21)28(33)34-3/h7-8,10-13,16-17,20H,4-6,9,14-15,18-19H2,1-3H3. The van der Waals surface area contributed by atoms with Gasteiger partial charge >= 0.3 is 11.9 Å². The molecular formula is C28H34N2O5S. The molecule has 0 aliphatic heterocycles. The van der Waals surface area contributed by atoms with E-state index in [4.69, 9.17) is 9.47 Å². The number of benzene rings is 2. The summed E-state index contributed by atoms with van der Waals surface area (Å²) in [5.74, 6) is 0.416. The number of fused-ring (bicyclic) bond motifs is 1. The first kappa shape index (κ1) is 27.5. The molecule has 7 nitrogen and oxygen atoms in total. The van der Waals surface area contributed by atoms with Gasteiger partial charge in [0, 0.05) is 16.0 Å². The summed E-state index contributed by atoms with van der Waals surface area (Å²) in [7, 11) is 1.33. The molecule has 0 fully saturated rings. The fraction of sp³-hybridized carbons (Fsp3) is 0.429. The molecule has 0 radical (unpaired) electrons. The van der Waals surface area contributed by atoms with Crippen LogP contribution in [-0.4, -0.2) is 41.2 Å². The zero-order chi connectivity index (χ0) is 25.9. The van der Waals surface area contributed by atoms with Gasteiger partial charge in [0.25, 0.3) is 5.56 Å². The second-order valence-corrected chi connectivity index (χ2v) is 9.87. The number of carbonyl (C=O) groups is 2. The Morgan fingerprint density at radius 2 is 1.94 bits per heavy atom. The summed E-state index contributed by atoms with van der Waals surface area (Å²) in [6.07, 6.45) is 6.42. The van der Waals surface area contributed by atoms with Gasteiger partial charge in [-0.05, 0) is 42.2 Å². The number of carbonyl (C=O) groups excluding carboxylic acids is 2. The molecule has 1 heterocycles. The SMILES string of the molecule is CCCCC(CC)COC(=O)CCSc1ccc2c(=O)n(Cc3ccccc3C(=O)OC)ncc2c1. The lowest BCUT2D eigenvalue weighted by Gasteiger charge is -2.14. The van der Waals surface area contributed by atoms with E-state index < -0.39 is 5.97 Å². The van der Waals surface area contributed by atoms with Crippen molar-refractivity contribution in [3.63, 3.8) is 0 Å². The van der Waals surface area contributed by atoms with Gasteiger partial charge in [0.2, 0.25) is 0 Å². The van der Waals surface area contributed by atoms with E-state index >= 15 is 0 Å². The summed E-state index contributed by atoms with van der Waals surface area (Å²) in [5, 5.41) is 5.59. The van der Waals surface area contributed by atoms with Crippen LogP contribution in [0.4, 0.5) is 0 Å². The van der Waals surface area contributed by atoms with E-state index in [1.54, 1.807) is 42.2 Å². The molecule has 192 valence electrons. The first-order chi connectivity index (χ1) is 17.5. The minimum atomic E-state index is -0.452. The number of aromatic nitrogens is 2. The van der Waals surface area contributed by atoms with Crippen molar-refractivity contribution in [3.05, 3.63) is 70.1 Å². The van der Waals surface area contributed by atoms with E-state index in [-0.39, 0.29) is 18.1 Å². The third-order valence-corrected chi connectivity index (χ3v) is 7.16. The summed E-state index contributed by atoms with van der Waals surface area (Å²) >= 11 is 1.55. The van der Waals surface area contributed by atoms with Crippen LogP contribution in [0.1, 0.15) is 61.9 Å². The van der Waals surface area contributed by atoms with Crippen molar-refractivity contribution in [2.75, 3.05) is 19.5 Å². The minimum Gasteiger partial charge on any atom is -0.465 e. The van der Waals surface area contributed by atoms with Crippen molar-refractivity contribution in [2.45, 2.75) is 57.4 Å². The van der Waals surface area contributed by atoms with Gasteiger partial charge < -0.3 is 9.47 Å². The van der Waals surface area contributed by atoms with Crippen molar-refractivity contribution < 1.29 is 19.1 Å². The zero-order valence-corrected chi connectivity index (χ0v) is 22.0. The Labute approximate surface area is 216 Å². The van der Waals surface area contributed by atoms with Crippen molar-refractivity contribution >= 4 is 34.5 Å². The molecular weight excluding hydrogens is 476 g/mol. The molecule has 36 heavy (non-hydrogen) atoms. The molecule has 2 aromatic carbocycles. The third kappa shape index (κ3) is 7.43. The summed E-state index contributed by atoms with van der Waals surface area (Å²) in [6.45, 7) is 4.96. The number of ether oxygens (including phenoxy) is 2. The Kier molecular flexibility index (Phi) is 10.5. The molecule has 1 aromatic heterocycles. The molecule has 8 heteroatoms. The molecule has 3 rings (SSSR count). The van der Waals surface area contributed by atoms with Crippen LogP contribution >= 0.6 is 11.8 Å². The summed E-state index contributed by atoms with van der Waals surface area (Å²) in [6, 6.07) is 12.6. The Morgan fingerprint density at radius 3 is 2.69 bits per heavy atom. The van der Waals surface area contributed by atoms with Crippen molar-refractivity contribution in [2.24, 2.45) is 5.92 Å². The fourth-order valence-corrected chi connectivity index (χ4v) is 4.81. The summed E-state index contributed by atoms with van der Waals surface area (Å²) in [5.41, 5.74) is 0.832. The number of hydrogen-bond donors (Lipinski definition) is 0. The second kappa shape index (κ2) is 13.8. The smallest absolute Gasteiger partial charge is 0.338 e. The molecule has 1 atom stereocenters. The van der Waals surface area contributed by atoms with Crippen LogP contribution in [0.15, 0.2) is 58.4 Å². The van der Waals surface area contributed by atoms with Crippen LogP contribution in [0.25, 0.3) is 10.8 Å². The highest BCUT2D eigenvalue weighted by molar-refractivity contribution is 7.99. The number of unbranched alkanes of at least 4 members (excludes halogenated alkanes) is 1. The third-order valence-electron chi connectivity index (χ3n) is 6.17. The summed E-state index contributed by atoms with van der Waals surface area (Å²) in [4.78, 5) is 38.2. The normalized spacial score (nSPS) is 11.9. The molecule has 0 N–H and O–H groups in total.